The van der Waals surface area contributed by atoms with E-state index < -0.39 is 58.1 Å². The molecular formula is C33H28ClFN6O5S. The smallest absolute Gasteiger partial charge is 0.347 e. The second-order valence-electron chi connectivity index (χ2n) is 12.7. The van der Waals surface area contributed by atoms with Crippen LogP contribution < -0.4 is 16.3 Å². The summed E-state index contributed by atoms with van der Waals surface area (Å²) in [6, 6.07) is 10.6. The number of amides is 2. The zero-order valence-electron chi connectivity index (χ0n) is 25.7. The molecule has 3 aliphatic rings. The number of rotatable bonds is 3. The molecule has 1 aliphatic carbocycles. The summed E-state index contributed by atoms with van der Waals surface area (Å²) in [5.41, 5.74) is 0.134. The van der Waals surface area contributed by atoms with Gasteiger partial charge >= 0.3 is 11.4 Å². The number of imide groups is 1. The highest BCUT2D eigenvalue weighted by Crippen LogP contribution is 2.61. The summed E-state index contributed by atoms with van der Waals surface area (Å²) in [5.74, 6) is -3.88. The number of aromatic hydroxyl groups is 1. The Morgan fingerprint density at radius 1 is 1.06 bits per heavy atom. The van der Waals surface area contributed by atoms with Crippen molar-refractivity contribution in [1.29, 1.82) is 0 Å². The summed E-state index contributed by atoms with van der Waals surface area (Å²) in [6.45, 7) is 3.74. The van der Waals surface area contributed by atoms with Crippen LogP contribution in [-0.2, 0) is 30.2 Å². The van der Waals surface area contributed by atoms with Crippen LogP contribution in [0.5, 0.6) is 5.75 Å². The van der Waals surface area contributed by atoms with Gasteiger partial charge in [0, 0.05) is 35.8 Å². The number of aryl methyl sites for hydroxylation is 2. The van der Waals surface area contributed by atoms with Crippen LogP contribution >= 0.6 is 22.9 Å². The molecule has 5 aromatic rings. The first-order valence-electron chi connectivity index (χ1n) is 15.0. The van der Waals surface area contributed by atoms with Crippen molar-refractivity contribution < 1.29 is 19.1 Å². The number of anilines is 1. The Labute approximate surface area is 275 Å². The van der Waals surface area contributed by atoms with E-state index in [0.29, 0.717) is 21.9 Å². The lowest BCUT2D eigenvalue weighted by atomic mass is 9.56. The van der Waals surface area contributed by atoms with Crippen LogP contribution in [0, 0.1) is 24.1 Å². The number of aromatic nitrogens is 5. The minimum atomic E-state index is -1.39. The lowest BCUT2D eigenvalue weighted by Gasteiger charge is -2.47. The van der Waals surface area contributed by atoms with Gasteiger partial charge < -0.3 is 5.11 Å². The molecule has 0 spiro atoms. The van der Waals surface area contributed by atoms with Crippen molar-refractivity contribution in [2.75, 3.05) is 4.90 Å². The van der Waals surface area contributed by atoms with Gasteiger partial charge in [0.2, 0.25) is 11.8 Å². The van der Waals surface area contributed by atoms with E-state index in [1.165, 1.54) is 50.6 Å². The molecule has 0 radical (unpaired) electrons. The zero-order valence-corrected chi connectivity index (χ0v) is 27.3. The maximum Gasteiger partial charge on any atom is 0.347 e. The van der Waals surface area contributed by atoms with Gasteiger partial charge in [0.1, 0.15) is 11.5 Å². The minimum Gasteiger partial charge on any atom is -0.505 e. The van der Waals surface area contributed by atoms with Gasteiger partial charge in [-0.3, -0.25) is 14.3 Å². The van der Waals surface area contributed by atoms with E-state index in [4.69, 9.17) is 16.7 Å². The average Bonchev–Trinajstić information content (AvgIpc) is 3.70. The van der Waals surface area contributed by atoms with Crippen molar-refractivity contribution >= 4 is 50.7 Å². The molecule has 4 atom stereocenters. The minimum absolute atomic E-state index is 0.0647. The van der Waals surface area contributed by atoms with E-state index >= 15 is 0 Å². The Balaban J connectivity index is 1.28. The maximum atomic E-state index is 14.9. The Hall–Kier alpha value is -4.75. The molecule has 14 heteroatoms. The van der Waals surface area contributed by atoms with Crippen molar-refractivity contribution in [3.8, 4) is 16.3 Å². The lowest BCUT2D eigenvalue weighted by Crippen LogP contribution is -2.49. The first-order chi connectivity index (χ1) is 22.3. The van der Waals surface area contributed by atoms with E-state index in [0.717, 1.165) is 30.0 Å². The molecule has 2 aliphatic heterocycles. The zero-order chi connectivity index (χ0) is 33.3. The number of halogens is 2. The lowest BCUT2D eigenvalue weighted by molar-refractivity contribution is -0.129. The third-order valence-electron chi connectivity index (χ3n) is 10.2. The van der Waals surface area contributed by atoms with Gasteiger partial charge in [-0.25, -0.2) is 32.8 Å². The van der Waals surface area contributed by atoms with Crippen LogP contribution in [0.2, 0.25) is 5.02 Å². The number of hydrogen-bond donors (Lipinski definition) is 1. The quantitative estimate of drug-likeness (QED) is 0.220. The topological polar surface area (TPSA) is 124 Å². The van der Waals surface area contributed by atoms with Crippen molar-refractivity contribution in [1.82, 2.24) is 23.7 Å². The summed E-state index contributed by atoms with van der Waals surface area (Å²) < 4.78 is 21.1. The third-order valence-corrected chi connectivity index (χ3v) is 11.8. The molecule has 8 rings (SSSR count). The number of phenolic OH excluding ortho intramolecular Hbond substituents is 1. The van der Waals surface area contributed by atoms with Crippen LogP contribution in [-0.4, -0.2) is 40.6 Å². The highest BCUT2D eigenvalue weighted by Gasteiger charge is 2.66. The van der Waals surface area contributed by atoms with Crippen molar-refractivity contribution in [3.05, 3.63) is 97.0 Å². The van der Waals surface area contributed by atoms with Gasteiger partial charge in [-0.05, 0) is 72.7 Å². The number of thiophene rings is 1. The van der Waals surface area contributed by atoms with Crippen LogP contribution in [0.15, 0.2) is 63.7 Å². The predicted octanol–water partition coefficient (Wildman–Crippen LogP) is 4.63. The number of carbonyl (C=O) groups excluding carboxylic acids is 2. The summed E-state index contributed by atoms with van der Waals surface area (Å²) in [6.07, 6.45) is 1.87. The monoisotopic (exact) mass is 674 g/mol. The van der Waals surface area contributed by atoms with E-state index in [9.17, 15) is 28.7 Å². The summed E-state index contributed by atoms with van der Waals surface area (Å²) in [5, 5.41) is 16.3. The normalized spacial score (nSPS) is 23.7. The Bertz CT molecular complexity index is 2380. The average molecular weight is 675 g/mol. The molecule has 2 fully saturated rings. The van der Waals surface area contributed by atoms with E-state index in [1.807, 2.05) is 25.1 Å². The summed E-state index contributed by atoms with van der Waals surface area (Å²) in [7, 11) is 3.06. The van der Waals surface area contributed by atoms with E-state index in [1.54, 1.807) is 26.1 Å². The molecule has 1 saturated carbocycles. The maximum absolute atomic E-state index is 14.9. The number of carbonyl (C=O) groups is 2. The molecule has 240 valence electrons. The molecular weight excluding hydrogens is 647 g/mol. The Morgan fingerprint density at radius 2 is 1.83 bits per heavy atom. The molecule has 0 bridgehead atoms. The molecule has 5 heterocycles. The standard InChI is InChI=1S/C33H28ClFN6O5S/c1-15-19-12-17(34)6-8-25(19)47-28(15)22-14-26(38(4)36-22)40-29(43)20-13-23-18(9-10-39-31(45)37(3)32(46)41(23)39)27(33(20,2)30(40)44)16-5-7-24(42)21(35)11-16/h5-9,11-12,14,20,23,27,42H,10,13H2,1-4H3. The number of phenols is 1. The van der Waals surface area contributed by atoms with E-state index in [-0.39, 0.29) is 18.8 Å². The molecule has 1 saturated heterocycles. The van der Waals surface area contributed by atoms with Gasteiger partial charge in [0.15, 0.2) is 11.6 Å². The second kappa shape index (κ2) is 9.88. The fourth-order valence-corrected chi connectivity index (χ4v) is 9.22. The Kier molecular flexibility index (Phi) is 6.23. The van der Waals surface area contributed by atoms with Crippen molar-refractivity contribution in [2.24, 2.45) is 25.4 Å². The van der Waals surface area contributed by atoms with Crippen LogP contribution in [0.1, 0.15) is 36.4 Å². The summed E-state index contributed by atoms with van der Waals surface area (Å²) in [4.78, 5) is 57.5. The third kappa shape index (κ3) is 3.86. The number of benzene rings is 2. The first kappa shape index (κ1) is 29.6. The number of allylic oxidation sites excluding steroid dienone is 2. The van der Waals surface area contributed by atoms with Crippen LogP contribution in [0.25, 0.3) is 20.7 Å². The molecule has 2 amide bonds. The SMILES string of the molecule is Cc1c(-c2cc(N3C(=O)C4CC5C(=CCn6c(=O)n(C)c(=O)n65)C(c5ccc(O)c(F)c5)C4(C)C3=O)n(C)n2)sc2ccc(Cl)cc12. The second-order valence-corrected chi connectivity index (χ2v) is 14.2. The van der Waals surface area contributed by atoms with Gasteiger partial charge in [-0.1, -0.05) is 23.7 Å². The van der Waals surface area contributed by atoms with E-state index in [2.05, 4.69) is 0 Å². The Morgan fingerprint density at radius 3 is 2.57 bits per heavy atom. The van der Waals surface area contributed by atoms with Crippen molar-refractivity contribution in [2.45, 2.75) is 38.8 Å². The molecule has 1 N–H and O–H groups in total. The highest BCUT2D eigenvalue weighted by molar-refractivity contribution is 7.22. The van der Waals surface area contributed by atoms with Gasteiger partial charge in [-0.15, -0.1) is 11.3 Å². The molecule has 2 aromatic carbocycles. The van der Waals surface area contributed by atoms with Gasteiger partial charge in [-0.2, -0.15) is 5.10 Å². The first-order valence-corrected chi connectivity index (χ1v) is 16.2. The van der Waals surface area contributed by atoms with Crippen LogP contribution in [0.4, 0.5) is 10.2 Å². The number of hydrogen-bond acceptors (Lipinski definition) is 7. The number of fused-ring (bicyclic) bond motifs is 5. The number of nitrogens with zero attached hydrogens (tertiary/aromatic N) is 6. The van der Waals surface area contributed by atoms with Crippen LogP contribution in [0.3, 0.4) is 0 Å². The van der Waals surface area contributed by atoms with Gasteiger partial charge in [0.25, 0.3) is 0 Å². The highest BCUT2D eigenvalue weighted by atomic mass is 35.5. The van der Waals surface area contributed by atoms with Crippen molar-refractivity contribution in [3.63, 3.8) is 0 Å². The molecule has 4 unspecified atom stereocenters. The molecule has 3 aromatic heterocycles. The fourth-order valence-electron chi connectivity index (χ4n) is 7.90. The molecule has 47 heavy (non-hydrogen) atoms. The molecule has 11 nitrogen and oxygen atoms in total. The fraction of sp³-hybridized carbons (Fsp3) is 0.303. The van der Waals surface area contributed by atoms with Gasteiger partial charge in [0.05, 0.1) is 28.8 Å². The predicted molar refractivity (Wildman–Crippen MR) is 174 cm³/mol. The largest absolute Gasteiger partial charge is 0.505 e. The summed E-state index contributed by atoms with van der Waals surface area (Å²) >= 11 is 7.79.